The Morgan fingerprint density at radius 1 is 1.56 bits per heavy atom. The molecule has 2 rings (SSSR count). The van der Waals surface area contributed by atoms with E-state index in [-0.39, 0.29) is 17.9 Å². The van der Waals surface area contributed by atoms with Gasteiger partial charge in [0.1, 0.15) is 0 Å². The lowest BCUT2D eigenvalue weighted by Gasteiger charge is -2.18. The van der Waals surface area contributed by atoms with Gasteiger partial charge in [-0.05, 0) is 53.9 Å². The molecule has 3 nitrogen and oxygen atoms in total. The van der Waals surface area contributed by atoms with E-state index in [2.05, 4.69) is 15.9 Å². The van der Waals surface area contributed by atoms with Crippen molar-refractivity contribution < 1.29 is 9.90 Å². The first-order valence-electron chi connectivity index (χ1n) is 6.22. The van der Waals surface area contributed by atoms with Gasteiger partial charge in [-0.2, -0.15) is 0 Å². The van der Waals surface area contributed by atoms with E-state index in [1.807, 2.05) is 30.0 Å². The second-order valence-corrected chi connectivity index (χ2v) is 5.88. The number of benzene rings is 1. The van der Waals surface area contributed by atoms with E-state index in [0.717, 1.165) is 23.0 Å². The fourth-order valence-corrected chi connectivity index (χ4v) is 2.99. The molecule has 0 aliphatic carbocycles. The number of halogens is 1. The molecule has 1 amide bonds. The smallest absolute Gasteiger partial charge is 0.255 e. The van der Waals surface area contributed by atoms with Crippen molar-refractivity contribution in [1.29, 1.82) is 0 Å². The highest BCUT2D eigenvalue weighted by atomic mass is 79.9. The van der Waals surface area contributed by atoms with Crippen LogP contribution in [0.3, 0.4) is 0 Å². The molecule has 1 aliphatic rings. The summed E-state index contributed by atoms with van der Waals surface area (Å²) < 4.78 is 0.841. The van der Waals surface area contributed by atoms with Gasteiger partial charge in [-0.3, -0.25) is 4.79 Å². The van der Waals surface area contributed by atoms with Crippen molar-refractivity contribution >= 4 is 21.8 Å². The van der Waals surface area contributed by atoms with Crippen LogP contribution in [0.25, 0.3) is 0 Å². The van der Waals surface area contributed by atoms with Crippen molar-refractivity contribution in [3.05, 3.63) is 33.8 Å². The Kier molecular flexibility index (Phi) is 4.07. The molecule has 1 fully saturated rings. The predicted molar refractivity (Wildman–Crippen MR) is 74.6 cm³/mol. The van der Waals surface area contributed by atoms with E-state index < -0.39 is 0 Å². The van der Waals surface area contributed by atoms with E-state index in [1.54, 1.807) is 6.92 Å². The highest BCUT2D eigenvalue weighted by Crippen LogP contribution is 2.25. The van der Waals surface area contributed by atoms with E-state index in [4.69, 9.17) is 0 Å². The van der Waals surface area contributed by atoms with Gasteiger partial charge in [0.15, 0.2) is 0 Å². The van der Waals surface area contributed by atoms with Crippen LogP contribution in [0.2, 0.25) is 0 Å². The molecule has 4 heteroatoms. The number of hydrogen-bond acceptors (Lipinski definition) is 2. The summed E-state index contributed by atoms with van der Waals surface area (Å²) in [6, 6.07) is 5.76. The van der Waals surface area contributed by atoms with Crippen molar-refractivity contribution in [2.24, 2.45) is 5.92 Å². The van der Waals surface area contributed by atoms with Gasteiger partial charge in [-0.25, -0.2) is 0 Å². The molecule has 2 atom stereocenters. The second-order valence-electron chi connectivity index (χ2n) is 5.02. The summed E-state index contributed by atoms with van der Waals surface area (Å²) >= 11 is 3.44. The maximum Gasteiger partial charge on any atom is 0.255 e. The van der Waals surface area contributed by atoms with E-state index in [1.165, 1.54) is 0 Å². The van der Waals surface area contributed by atoms with Crippen LogP contribution >= 0.6 is 15.9 Å². The summed E-state index contributed by atoms with van der Waals surface area (Å²) in [5, 5.41) is 9.57. The lowest BCUT2D eigenvalue weighted by molar-refractivity contribution is 0.0761. The number of aliphatic hydroxyl groups is 1. The molecule has 0 spiro atoms. The second kappa shape index (κ2) is 5.41. The molecule has 1 N–H and O–H groups in total. The van der Waals surface area contributed by atoms with Crippen LogP contribution in [0.5, 0.6) is 0 Å². The van der Waals surface area contributed by atoms with Crippen molar-refractivity contribution in [3.8, 4) is 0 Å². The first kappa shape index (κ1) is 13.6. The molecular formula is C14H18BrNO2. The zero-order valence-corrected chi connectivity index (χ0v) is 12.3. The number of hydrogen-bond donors (Lipinski definition) is 1. The van der Waals surface area contributed by atoms with Crippen LogP contribution in [0.15, 0.2) is 22.7 Å². The van der Waals surface area contributed by atoms with Gasteiger partial charge in [0.2, 0.25) is 0 Å². The van der Waals surface area contributed by atoms with Gasteiger partial charge in [0.05, 0.1) is 11.7 Å². The lowest BCUT2D eigenvalue weighted by atomic mass is 10.0. The van der Waals surface area contributed by atoms with Crippen molar-refractivity contribution in [2.45, 2.75) is 26.4 Å². The minimum absolute atomic E-state index is 0.0463. The molecule has 1 saturated heterocycles. The van der Waals surface area contributed by atoms with E-state index >= 15 is 0 Å². The molecule has 2 unspecified atom stereocenters. The van der Waals surface area contributed by atoms with Gasteiger partial charge in [-0.1, -0.05) is 6.07 Å². The minimum Gasteiger partial charge on any atom is -0.393 e. The topological polar surface area (TPSA) is 40.5 Å². The summed E-state index contributed by atoms with van der Waals surface area (Å²) in [6.45, 7) is 5.17. The number of carbonyl (C=O) groups is 1. The Balaban J connectivity index is 2.13. The predicted octanol–water partition coefficient (Wildman–Crippen LogP) is 2.60. The SMILES string of the molecule is Cc1ccc(C(=O)N2CCC(C(C)O)C2)c(Br)c1. The summed E-state index contributed by atoms with van der Waals surface area (Å²) in [5.41, 5.74) is 1.83. The molecule has 1 aromatic carbocycles. The summed E-state index contributed by atoms with van der Waals surface area (Å²) in [5.74, 6) is 0.253. The van der Waals surface area contributed by atoms with Crippen LogP contribution in [-0.2, 0) is 0 Å². The Morgan fingerprint density at radius 2 is 2.28 bits per heavy atom. The highest BCUT2D eigenvalue weighted by molar-refractivity contribution is 9.10. The Bertz CT molecular complexity index is 459. The first-order valence-corrected chi connectivity index (χ1v) is 7.02. The van der Waals surface area contributed by atoms with Crippen LogP contribution in [0.4, 0.5) is 0 Å². The quantitative estimate of drug-likeness (QED) is 0.912. The largest absolute Gasteiger partial charge is 0.393 e. The summed E-state index contributed by atoms with van der Waals surface area (Å²) in [4.78, 5) is 14.2. The third-order valence-corrected chi connectivity index (χ3v) is 4.21. The molecule has 1 heterocycles. The zero-order chi connectivity index (χ0) is 13.3. The third kappa shape index (κ3) is 2.75. The van der Waals surface area contributed by atoms with E-state index in [9.17, 15) is 9.90 Å². The fourth-order valence-electron chi connectivity index (χ4n) is 2.33. The number of likely N-dealkylation sites (tertiary alicyclic amines) is 1. The van der Waals surface area contributed by atoms with Crippen molar-refractivity contribution in [1.82, 2.24) is 4.90 Å². The first-order chi connectivity index (χ1) is 8.49. The van der Waals surface area contributed by atoms with Gasteiger partial charge in [0.25, 0.3) is 5.91 Å². The maximum atomic E-state index is 12.4. The lowest BCUT2D eigenvalue weighted by Crippen LogP contribution is -2.30. The number of carbonyl (C=O) groups excluding carboxylic acids is 1. The molecule has 98 valence electrons. The molecule has 0 bridgehead atoms. The molecule has 0 saturated carbocycles. The van der Waals surface area contributed by atoms with E-state index in [0.29, 0.717) is 12.1 Å². The summed E-state index contributed by atoms with van der Waals surface area (Å²) in [6.07, 6.45) is 0.539. The maximum absolute atomic E-state index is 12.4. The Hall–Kier alpha value is -0.870. The van der Waals surface area contributed by atoms with Crippen LogP contribution in [-0.4, -0.2) is 35.1 Å². The highest BCUT2D eigenvalue weighted by Gasteiger charge is 2.30. The molecule has 1 aromatic rings. The fraction of sp³-hybridized carbons (Fsp3) is 0.500. The number of aliphatic hydroxyl groups excluding tert-OH is 1. The van der Waals surface area contributed by atoms with Gasteiger partial charge in [-0.15, -0.1) is 0 Å². The molecule has 1 aliphatic heterocycles. The normalized spacial score (nSPS) is 21.1. The van der Waals surface area contributed by atoms with Crippen LogP contribution in [0.1, 0.15) is 29.3 Å². The average molecular weight is 312 g/mol. The average Bonchev–Trinajstić information content (AvgIpc) is 2.77. The molecule has 0 radical (unpaired) electrons. The minimum atomic E-state index is -0.343. The van der Waals surface area contributed by atoms with Gasteiger partial charge >= 0.3 is 0 Å². The van der Waals surface area contributed by atoms with Gasteiger partial charge < -0.3 is 10.0 Å². The number of aryl methyl sites for hydroxylation is 1. The summed E-state index contributed by atoms with van der Waals surface area (Å²) in [7, 11) is 0. The molecule has 0 aromatic heterocycles. The number of rotatable bonds is 2. The Morgan fingerprint density at radius 3 is 2.83 bits per heavy atom. The number of nitrogens with zero attached hydrogens (tertiary/aromatic N) is 1. The molecular weight excluding hydrogens is 294 g/mol. The van der Waals surface area contributed by atoms with Crippen molar-refractivity contribution in [2.75, 3.05) is 13.1 Å². The zero-order valence-electron chi connectivity index (χ0n) is 10.7. The van der Waals surface area contributed by atoms with Crippen LogP contribution < -0.4 is 0 Å². The third-order valence-electron chi connectivity index (χ3n) is 3.55. The number of amides is 1. The van der Waals surface area contributed by atoms with Gasteiger partial charge in [0, 0.05) is 23.5 Å². The standard InChI is InChI=1S/C14H18BrNO2/c1-9-3-4-12(13(15)7-9)14(18)16-6-5-11(8-16)10(2)17/h3-4,7,10-11,17H,5-6,8H2,1-2H3. The Labute approximate surface area is 116 Å². The van der Waals surface area contributed by atoms with Crippen molar-refractivity contribution in [3.63, 3.8) is 0 Å². The monoisotopic (exact) mass is 311 g/mol. The van der Waals surface area contributed by atoms with Crippen LogP contribution in [0, 0.1) is 12.8 Å². The molecule has 18 heavy (non-hydrogen) atoms.